The monoisotopic (exact) mass is 200 g/mol. The molecule has 0 radical (unpaired) electrons. The molecular weight excluding hydrogens is 184 g/mol. The third-order valence-corrected chi connectivity index (χ3v) is 2.30. The molecule has 0 saturated heterocycles. The van der Waals surface area contributed by atoms with Gasteiger partial charge in [-0.05, 0) is 26.7 Å². The zero-order chi connectivity index (χ0) is 10.7. The van der Waals surface area contributed by atoms with E-state index in [1.807, 2.05) is 6.92 Å². The summed E-state index contributed by atoms with van der Waals surface area (Å²) in [5.41, 5.74) is 0. The maximum absolute atomic E-state index is 11.5. The molecule has 1 aliphatic rings. The van der Waals surface area contributed by atoms with Crippen LogP contribution in [0.4, 0.5) is 4.79 Å². The van der Waals surface area contributed by atoms with Crippen LogP contribution >= 0.6 is 0 Å². The highest BCUT2D eigenvalue weighted by Gasteiger charge is 2.32. The van der Waals surface area contributed by atoms with Crippen molar-refractivity contribution < 1.29 is 14.7 Å². The third-order valence-electron chi connectivity index (χ3n) is 2.30. The Kier molecular flexibility index (Phi) is 3.33. The predicted octanol–water partition coefficient (Wildman–Crippen LogP) is 0.653. The molecule has 2 N–H and O–H groups in total. The fraction of sp³-hybridized carbons (Fsp3) is 0.778. The number of carbonyl (C=O) groups excluding carboxylic acids is 1. The fourth-order valence-corrected chi connectivity index (χ4v) is 1.28. The summed E-state index contributed by atoms with van der Waals surface area (Å²) in [7, 11) is 0. The highest BCUT2D eigenvalue weighted by molar-refractivity contribution is 5.82. The van der Waals surface area contributed by atoms with Gasteiger partial charge in [0.2, 0.25) is 0 Å². The van der Waals surface area contributed by atoms with Gasteiger partial charge in [-0.15, -0.1) is 0 Å². The summed E-state index contributed by atoms with van der Waals surface area (Å²) in [5.74, 6) is -1.01. The average Bonchev–Trinajstić information content (AvgIpc) is 2.89. The van der Waals surface area contributed by atoms with E-state index in [4.69, 9.17) is 5.11 Å². The third kappa shape index (κ3) is 2.61. The Morgan fingerprint density at radius 3 is 2.50 bits per heavy atom. The minimum Gasteiger partial charge on any atom is -0.480 e. The minimum absolute atomic E-state index is 0.273. The van der Waals surface area contributed by atoms with Crippen molar-refractivity contribution in [1.82, 2.24) is 10.2 Å². The summed E-state index contributed by atoms with van der Waals surface area (Å²) < 4.78 is 0. The van der Waals surface area contributed by atoms with E-state index in [-0.39, 0.29) is 6.03 Å². The Bertz CT molecular complexity index is 238. The van der Waals surface area contributed by atoms with Crippen molar-refractivity contribution >= 4 is 12.0 Å². The van der Waals surface area contributed by atoms with Crippen molar-refractivity contribution in [2.24, 2.45) is 0 Å². The van der Waals surface area contributed by atoms with Crippen LogP contribution in [-0.2, 0) is 4.79 Å². The summed E-state index contributed by atoms with van der Waals surface area (Å²) in [5, 5.41) is 11.0. The number of urea groups is 1. The maximum atomic E-state index is 11.5. The zero-order valence-corrected chi connectivity index (χ0v) is 8.49. The summed E-state index contributed by atoms with van der Waals surface area (Å²) in [6, 6.07) is -0.777. The van der Waals surface area contributed by atoms with Gasteiger partial charge < -0.3 is 15.3 Å². The molecule has 1 aliphatic carbocycles. The van der Waals surface area contributed by atoms with E-state index in [1.165, 1.54) is 6.92 Å². The van der Waals surface area contributed by atoms with Gasteiger partial charge in [0.1, 0.15) is 6.04 Å². The van der Waals surface area contributed by atoms with Gasteiger partial charge in [-0.2, -0.15) is 0 Å². The second-order valence-corrected chi connectivity index (χ2v) is 3.53. The number of rotatable bonds is 4. The lowest BCUT2D eigenvalue weighted by Gasteiger charge is -2.22. The highest BCUT2D eigenvalue weighted by atomic mass is 16.4. The first-order valence-electron chi connectivity index (χ1n) is 4.86. The lowest BCUT2D eigenvalue weighted by molar-refractivity contribution is -0.138. The molecule has 5 nitrogen and oxygen atoms in total. The van der Waals surface area contributed by atoms with E-state index in [1.54, 1.807) is 4.90 Å². The molecule has 80 valence electrons. The largest absolute Gasteiger partial charge is 0.480 e. The number of nitrogens with one attached hydrogen (secondary N) is 1. The van der Waals surface area contributed by atoms with Crippen molar-refractivity contribution in [3.8, 4) is 0 Å². The van der Waals surface area contributed by atoms with E-state index in [0.717, 1.165) is 12.8 Å². The first-order chi connectivity index (χ1) is 6.56. The molecule has 1 saturated carbocycles. The van der Waals surface area contributed by atoms with Crippen molar-refractivity contribution in [3.63, 3.8) is 0 Å². The minimum atomic E-state index is -1.01. The Morgan fingerprint density at radius 2 is 2.14 bits per heavy atom. The molecule has 5 heteroatoms. The number of aliphatic carboxylic acids is 1. The van der Waals surface area contributed by atoms with Crippen LogP contribution in [0.3, 0.4) is 0 Å². The number of carboxylic acid groups (broad SMARTS) is 1. The number of hydrogen-bond acceptors (Lipinski definition) is 2. The number of hydrogen-bond donors (Lipinski definition) is 2. The smallest absolute Gasteiger partial charge is 0.325 e. The van der Waals surface area contributed by atoms with E-state index in [2.05, 4.69) is 5.32 Å². The molecule has 0 aliphatic heterocycles. The summed E-state index contributed by atoms with van der Waals surface area (Å²) in [4.78, 5) is 23.7. The molecule has 1 rings (SSSR count). The number of amides is 2. The molecule has 0 aromatic heterocycles. The van der Waals surface area contributed by atoms with E-state index in [0.29, 0.717) is 12.6 Å². The quantitative estimate of drug-likeness (QED) is 0.700. The van der Waals surface area contributed by atoms with Crippen molar-refractivity contribution in [2.75, 3.05) is 6.54 Å². The lowest BCUT2D eigenvalue weighted by atomic mass is 10.3. The van der Waals surface area contributed by atoms with Crippen LogP contribution in [0.2, 0.25) is 0 Å². The number of carbonyl (C=O) groups is 2. The zero-order valence-electron chi connectivity index (χ0n) is 8.49. The van der Waals surface area contributed by atoms with Crippen LogP contribution in [0, 0.1) is 0 Å². The van der Waals surface area contributed by atoms with E-state index < -0.39 is 12.0 Å². The normalized spacial score (nSPS) is 17.3. The maximum Gasteiger partial charge on any atom is 0.325 e. The van der Waals surface area contributed by atoms with E-state index >= 15 is 0 Å². The van der Waals surface area contributed by atoms with Gasteiger partial charge in [0.05, 0.1) is 0 Å². The first-order valence-corrected chi connectivity index (χ1v) is 4.86. The molecule has 0 spiro atoms. The van der Waals surface area contributed by atoms with Crippen LogP contribution in [0.25, 0.3) is 0 Å². The molecule has 2 amide bonds. The topological polar surface area (TPSA) is 69.6 Å². The Labute approximate surface area is 83.1 Å². The molecule has 0 aromatic carbocycles. The van der Waals surface area contributed by atoms with Gasteiger partial charge in [-0.25, -0.2) is 4.79 Å². The second-order valence-electron chi connectivity index (χ2n) is 3.53. The summed E-state index contributed by atoms with van der Waals surface area (Å²) in [6.45, 7) is 3.98. The Hall–Kier alpha value is -1.26. The fourth-order valence-electron chi connectivity index (χ4n) is 1.28. The lowest BCUT2D eigenvalue weighted by Crippen LogP contribution is -2.47. The standard InChI is InChI=1S/C9H16N2O3/c1-3-11(7-4-5-7)9(14)10-6(2)8(12)13/h6-7H,3-5H2,1-2H3,(H,10,14)(H,12,13)/t6-/m0/s1. The van der Waals surface area contributed by atoms with Crippen LogP contribution in [0.15, 0.2) is 0 Å². The second kappa shape index (κ2) is 4.30. The molecule has 14 heavy (non-hydrogen) atoms. The Morgan fingerprint density at radius 1 is 1.57 bits per heavy atom. The summed E-state index contributed by atoms with van der Waals surface area (Å²) in [6.07, 6.45) is 2.06. The van der Waals surface area contributed by atoms with Gasteiger partial charge in [-0.1, -0.05) is 0 Å². The Balaban J connectivity index is 2.42. The molecule has 1 fully saturated rings. The number of nitrogens with zero attached hydrogens (tertiary/aromatic N) is 1. The average molecular weight is 200 g/mol. The van der Waals surface area contributed by atoms with Crippen LogP contribution in [0.1, 0.15) is 26.7 Å². The van der Waals surface area contributed by atoms with Gasteiger partial charge in [0, 0.05) is 12.6 Å². The molecular formula is C9H16N2O3. The van der Waals surface area contributed by atoms with Crippen LogP contribution in [-0.4, -0.2) is 40.6 Å². The number of carboxylic acids is 1. The van der Waals surface area contributed by atoms with E-state index in [9.17, 15) is 9.59 Å². The van der Waals surface area contributed by atoms with Crippen molar-refractivity contribution in [2.45, 2.75) is 38.8 Å². The summed E-state index contributed by atoms with van der Waals surface area (Å²) >= 11 is 0. The SMILES string of the molecule is CCN(C(=O)N[C@@H](C)C(=O)O)C1CC1. The molecule has 1 atom stereocenters. The van der Waals surface area contributed by atoms with Crippen LogP contribution < -0.4 is 5.32 Å². The molecule has 0 unspecified atom stereocenters. The molecule has 0 bridgehead atoms. The molecule has 0 heterocycles. The van der Waals surface area contributed by atoms with Gasteiger partial charge >= 0.3 is 12.0 Å². The van der Waals surface area contributed by atoms with Gasteiger partial charge in [0.25, 0.3) is 0 Å². The van der Waals surface area contributed by atoms with Crippen molar-refractivity contribution in [1.29, 1.82) is 0 Å². The first kappa shape index (κ1) is 10.8. The van der Waals surface area contributed by atoms with Gasteiger partial charge in [-0.3, -0.25) is 4.79 Å². The highest BCUT2D eigenvalue weighted by Crippen LogP contribution is 2.26. The molecule has 0 aromatic rings. The van der Waals surface area contributed by atoms with Crippen molar-refractivity contribution in [3.05, 3.63) is 0 Å². The predicted molar refractivity (Wildman–Crippen MR) is 51.0 cm³/mol. The van der Waals surface area contributed by atoms with Gasteiger partial charge in [0.15, 0.2) is 0 Å². The van der Waals surface area contributed by atoms with Crippen LogP contribution in [0.5, 0.6) is 0 Å².